The topological polar surface area (TPSA) is 78.6 Å². The average molecular weight is 287 g/mol. The molecule has 0 rings (SSSR count). The number of carbonyl (C=O) groups is 2. The Morgan fingerprint density at radius 2 is 1.75 bits per heavy atom. The normalized spacial score (nSPS) is 16.1. The molecule has 0 aromatic rings. The lowest BCUT2D eigenvalue weighted by Gasteiger charge is -2.35. The Labute approximate surface area is 122 Å². The molecule has 118 valence electrons. The van der Waals surface area contributed by atoms with Crippen LogP contribution in [0.2, 0.25) is 0 Å². The summed E-state index contributed by atoms with van der Waals surface area (Å²) in [5, 5.41) is 0. The number of rotatable bonds is 7. The summed E-state index contributed by atoms with van der Waals surface area (Å²) in [5.74, 6) is -0.871. The lowest BCUT2D eigenvalue weighted by atomic mass is 9.80. The zero-order valence-electron chi connectivity index (χ0n) is 13.6. The molecule has 20 heavy (non-hydrogen) atoms. The van der Waals surface area contributed by atoms with Gasteiger partial charge in [0.2, 0.25) is 0 Å². The van der Waals surface area contributed by atoms with Crippen LogP contribution >= 0.6 is 0 Å². The predicted molar refractivity (Wildman–Crippen MR) is 78.1 cm³/mol. The predicted octanol–water partition coefficient (Wildman–Crippen LogP) is 2.42. The van der Waals surface area contributed by atoms with Crippen molar-refractivity contribution in [3.8, 4) is 0 Å². The highest BCUT2D eigenvalue weighted by atomic mass is 16.6. The van der Waals surface area contributed by atoms with E-state index >= 15 is 0 Å². The first kappa shape index (κ1) is 18.9. The molecule has 0 spiro atoms. The van der Waals surface area contributed by atoms with E-state index < -0.39 is 17.1 Å². The van der Waals surface area contributed by atoms with Crippen molar-refractivity contribution in [2.24, 2.45) is 11.7 Å². The van der Waals surface area contributed by atoms with Crippen molar-refractivity contribution in [2.45, 2.75) is 71.9 Å². The van der Waals surface area contributed by atoms with Crippen molar-refractivity contribution < 1.29 is 19.1 Å². The van der Waals surface area contributed by atoms with Crippen molar-refractivity contribution in [2.75, 3.05) is 6.61 Å². The lowest BCUT2D eigenvalue weighted by molar-refractivity contribution is -0.164. The molecule has 0 aliphatic heterocycles. The maximum atomic E-state index is 12.4. The molecule has 0 aliphatic rings. The van der Waals surface area contributed by atoms with E-state index in [-0.39, 0.29) is 24.7 Å². The number of ether oxygens (including phenoxy) is 2. The molecule has 2 atom stereocenters. The third-order valence-electron chi connectivity index (χ3n) is 3.32. The molecule has 0 amide bonds. The molecule has 0 radical (unpaired) electrons. The van der Waals surface area contributed by atoms with Crippen LogP contribution in [-0.4, -0.2) is 29.7 Å². The number of esters is 2. The van der Waals surface area contributed by atoms with Crippen molar-refractivity contribution in [3.05, 3.63) is 0 Å². The molecule has 0 saturated heterocycles. The monoisotopic (exact) mass is 287 g/mol. The van der Waals surface area contributed by atoms with Gasteiger partial charge in [0.25, 0.3) is 0 Å². The number of hydrogen-bond acceptors (Lipinski definition) is 5. The van der Waals surface area contributed by atoms with Gasteiger partial charge in [-0.25, -0.2) is 0 Å². The van der Waals surface area contributed by atoms with Crippen LogP contribution in [-0.2, 0) is 19.1 Å². The number of hydrogen-bond donors (Lipinski definition) is 1. The van der Waals surface area contributed by atoms with Gasteiger partial charge in [0.1, 0.15) is 11.1 Å². The Morgan fingerprint density at radius 1 is 1.20 bits per heavy atom. The SMILES string of the molecule is CCOC(=O)CC[C@@](N)(C(=O)OC(C)(C)C)C(C)CC. The highest BCUT2D eigenvalue weighted by Gasteiger charge is 2.42. The van der Waals surface area contributed by atoms with E-state index in [0.717, 1.165) is 6.42 Å². The van der Waals surface area contributed by atoms with Crippen molar-refractivity contribution in [1.29, 1.82) is 0 Å². The minimum absolute atomic E-state index is 0.0771. The Bertz CT molecular complexity index is 335. The lowest BCUT2D eigenvalue weighted by Crippen LogP contribution is -2.55. The molecule has 5 nitrogen and oxygen atoms in total. The second-order valence-corrected chi connectivity index (χ2v) is 6.16. The van der Waals surface area contributed by atoms with Crippen LogP contribution in [0.5, 0.6) is 0 Å². The van der Waals surface area contributed by atoms with Gasteiger partial charge in [0.05, 0.1) is 6.61 Å². The molecule has 0 aliphatic carbocycles. The van der Waals surface area contributed by atoms with E-state index in [0.29, 0.717) is 6.61 Å². The fourth-order valence-electron chi connectivity index (χ4n) is 1.83. The summed E-state index contributed by atoms with van der Waals surface area (Å²) >= 11 is 0. The van der Waals surface area contributed by atoms with Crippen LogP contribution in [0.15, 0.2) is 0 Å². The number of carbonyl (C=O) groups excluding carboxylic acids is 2. The zero-order chi connectivity index (χ0) is 16.0. The molecular weight excluding hydrogens is 258 g/mol. The van der Waals surface area contributed by atoms with Gasteiger partial charge in [-0.3, -0.25) is 9.59 Å². The Kier molecular flexibility index (Phi) is 7.20. The minimum Gasteiger partial charge on any atom is -0.466 e. The molecule has 5 heteroatoms. The van der Waals surface area contributed by atoms with Gasteiger partial charge in [-0.05, 0) is 40.0 Å². The van der Waals surface area contributed by atoms with Crippen LogP contribution < -0.4 is 5.73 Å². The highest BCUT2D eigenvalue weighted by Crippen LogP contribution is 2.27. The molecule has 0 heterocycles. The van der Waals surface area contributed by atoms with E-state index in [1.165, 1.54) is 0 Å². The van der Waals surface area contributed by atoms with E-state index in [4.69, 9.17) is 15.2 Å². The van der Waals surface area contributed by atoms with E-state index in [2.05, 4.69) is 0 Å². The molecule has 0 saturated carbocycles. The summed E-state index contributed by atoms with van der Waals surface area (Å²) in [6, 6.07) is 0. The van der Waals surface area contributed by atoms with Gasteiger partial charge in [0.15, 0.2) is 0 Å². The fraction of sp³-hybridized carbons (Fsp3) is 0.867. The summed E-state index contributed by atoms with van der Waals surface area (Å²) in [5.41, 5.74) is 4.51. The van der Waals surface area contributed by atoms with Crippen molar-refractivity contribution >= 4 is 11.9 Å². The Balaban J connectivity index is 4.92. The average Bonchev–Trinajstić information content (AvgIpc) is 2.33. The third kappa shape index (κ3) is 5.90. The highest BCUT2D eigenvalue weighted by molar-refractivity contribution is 5.82. The van der Waals surface area contributed by atoms with Gasteiger partial charge < -0.3 is 15.2 Å². The smallest absolute Gasteiger partial charge is 0.326 e. The van der Waals surface area contributed by atoms with Crippen LogP contribution in [0.1, 0.15) is 60.8 Å². The van der Waals surface area contributed by atoms with Crippen LogP contribution in [0.25, 0.3) is 0 Å². The van der Waals surface area contributed by atoms with Crippen LogP contribution in [0, 0.1) is 5.92 Å². The molecule has 0 aromatic carbocycles. The first-order valence-corrected chi connectivity index (χ1v) is 7.24. The van der Waals surface area contributed by atoms with Crippen LogP contribution in [0.4, 0.5) is 0 Å². The summed E-state index contributed by atoms with van der Waals surface area (Å²) in [7, 11) is 0. The maximum Gasteiger partial charge on any atom is 0.326 e. The summed E-state index contributed by atoms with van der Waals surface area (Å²) in [6.45, 7) is 11.3. The largest absolute Gasteiger partial charge is 0.466 e. The van der Waals surface area contributed by atoms with E-state index in [9.17, 15) is 9.59 Å². The molecule has 0 bridgehead atoms. The van der Waals surface area contributed by atoms with Gasteiger partial charge in [-0.1, -0.05) is 20.3 Å². The molecule has 1 unspecified atom stereocenters. The molecule has 0 aromatic heterocycles. The van der Waals surface area contributed by atoms with Gasteiger partial charge >= 0.3 is 11.9 Å². The Morgan fingerprint density at radius 3 is 2.15 bits per heavy atom. The first-order valence-electron chi connectivity index (χ1n) is 7.24. The first-order chi connectivity index (χ1) is 9.06. The summed E-state index contributed by atoms with van der Waals surface area (Å²) in [4.78, 5) is 23.8. The van der Waals surface area contributed by atoms with Gasteiger partial charge in [0, 0.05) is 6.42 Å². The van der Waals surface area contributed by atoms with Crippen LogP contribution in [0.3, 0.4) is 0 Å². The van der Waals surface area contributed by atoms with E-state index in [1.54, 1.807) is 27.7 Å². The molecular formula is C15H29NO4. The van der Waals surface area contributed by atoms with Crippen molar-refractivity contribution in [1.82, 2.24) is 0 Å². The summed E-state index contributed by atoms with van der Waals surface area (Å²) < 4.78 is 10.3. The van der Waals surface area contributed by atoms with E-state index in [1.807, 2.05) is 13.8 Å². The Hall–Kier alpha value is -1.10. The van der Waals surface area contributed by atoms with Gasteiger partial charge in [-0.15, -0.1) is 0 Å². The second kappa shape index (κ2) is 7.62. The zero-order valence-corrected chi connectivity index (χ0v) is 13.6. The number of nitrogens with two attached hydrogens (primary N) is 1. The molecule has 0 fully saturated rings. The minimum atomic E-state index is -1.16. The third-order valence-corrected chi connectivity index (χ3v) is 3.32. The summed E-state index contributed by atoms with van der Waals surface area (Å²) in [6.07, 6.45) is 1.09. The molecule has 2 N–H and O–H groups in total. The van der Waals surface area contributed by atoms with Gasteiger partial charge in [-0.2, -0.15) is 0 Å². The standard InChI is InChI=1S/C15H29NO4/c1-7-11(3)15(16,10-9-12(17)19-8-2)13(18)20-14(4,5)6/h11H,7-10,16H2,1-6H3/t11?,15-/m0/s1. The fourth-order valence-corrected chi connectivity index (χ4v) is 1.83. The quantitative estimate of drug-likeness (QED) is 0.727. The maximum absolute atomic E-state index is 12.4. The van der Waals surface area contributed by atoms with Crippen molar-refractivity contribution in [3.63, 3.8) is 0 Å². The second-order valence-electron chi connectivity index (χ2n) is 6.16.